The summed E-state index contributed by atoms with van der Waals surface area (Å²) in [6.45, 7) is 2.23. The number of likely N-dealkylation sites (tertiary alicyclic amines) is 1. The van der Waals surface area contributed by atoms with Gasteiger partial charge in [0.15, 0.2) is 0 Å². The van der Waals surface area contributed by atoms with Crippen LogP contribution >= 0.6 is 34.8 Å². The van der Waals surface area contributed by atoms with E-state index in [1.165, 1.54) is 0 Å². The molecule has 6 atom stereocenters. The lowest BCUT2D eigenvalue weighted by Gasteiger charge is -2.42. The predicted octanol–water partition coefficient (Wildman–Crippen LogP) is 4.28. The van der Waals surface area contributed by atoms with E-state index < -0.39 is 15.3 Å². The molecule has 2 amide bonds. The standard InChI is InChI=1S/C22H25Cl3N2O5/c1-3-16-12-7-18-21(14-5-4-11(30-2)6-15(14)26-19(21)28)8-17(13(12)9-31-18)27(16)20(29)32-10-22(23,24)25/h4-6,12-13,16-18H,3,7-10H2,1-2H3,(H,26,28)/t12-,13+,16-,17+,18-,21+/m1/s1. The number of hydrogen-bond acceptors (Lipinski definition) is 5. The minimum absolute atomic E-state index is 0.00331. The van der Waals surface area contributed by atoms with Crippen LogP contribution in [0.2, 0.25) is 0 Å². The van der Waals surface area contributed by atoms with Gasteiger partial charge in [-0.25, -0.2) is 4.79 Å². The van der Waals surface area contributed by atoms with Gasteiger partial charge in [0, 0.05) is 29.8 Å². The van der Waals surface area contributed by atoms with Crippen LogP contribution in [0.3, 0.4) is 0 Å². The first-order valence-corrected chi connectivity index (χ1v) is 12.0. The number of rotatable bonds is 3. The number of anilines is 1. The lowest BCUT2D eigenvalue weighted by atomic mass is 9.71. The maximum Gasteiger partial charge on any atom is 0.410 e. The first-order valence-electron chi connectivity index (χ1n) is 10.8. The van der Waals surface area contributed by atoms with Crippen LogP contribution in [0.1, 0.15) is 31.7 Å². The number of carbonyl (C=O) groups excluding carboxylic acids is 2. The number of alkyl halides is 3. The molecule has 3 saturated heterocycles. The normalized spacial score (nSPS) is 35.0. The molecule has 4 fully saturated rings. The van der Waals surface area contributed by atoms with Gasteiger partial charge >= 0.3 is 6.09 Å². The number of benzene rings is 1. The van der Waals surface area contributed by atoms with Crippen LogP contribution < -0.4 is 10.1 Å². The van der Waals surface area contributed by atoms with Crippen LogP contribution in [0.4, 0.5) is 10.5 Å². The van der Waals surface area contributed by atoms with E-state index in [1.807, 2.05) is 18.2 Å². The van der Waals surface area contributed by atoms with Crippen LogP contribution in [0.15, 0.2) is 18.2 Å². The van der Waals surface area contributed by atoms with Gasteiger partial charge in [-0.05, 0) is 36.8 Å². The van der Waals surface area contributed by atoms with Gasteiger partial charge in [0.1, 0.15) is 17.8 Å². The van der Waals surface area contributed by atoms with Gasteiger partial charge in [0.2, 0.25) is 9.70 Å². The summed E-state index contributed by atoms with van der Waals surface area (Å²) in [6, 6.07) is 5.41. The van der Waals surface area contributed by atoms with Crippen molar-refractivity contribution in [3.8, 4) is 5.75 Å². The molecule has 7 nitrogen and oxygen atoms in total. The van der Waals surface area contributed by atoms with E-state index >= 15 is 0 Å². The molecule has 4 bridgehead atoms. The zero-order valence-electron chi connectivity index (χ0n) is 17.8. The smallest absolute Gasteiger partial charge is 0.410 e. The van der Waals surface area contributed by atoms with Crippen molar-refractivity contribution in [2.24, 2.45) is 11.8 Å². The number of nitrogens with zero attached hydrogens (tertiary/aromatic N) is 1. The highest BCUT2D eigenvalue weighted by Gasteiger charge is 2.65. The van der Waals surface area contributed by atoms with Gasteiger partial charge in [0.25, 0.3) is 0 Å². The molecule has 32 heavy (non-hydrogen) atoms. The third-order valence-corrected chi connectivity index (χ3v) is 7.99. The third kappa shape index (κ3) is 3.27. The number of methoxy groups -OCH3 is 1. The van der Waals surface area contributed by atoms with Crippen LogP contribution in [0.25, 0.3) is 0 Å². The summed E-state index contributed by atoms with van der Waals surface area (Å²) < 4.78 is 15.3. The van der Waals surface area contributed by atoms with Gasteiger partial charge < -0.3 is 24.4 Å². The van der Waals surface area contributed by atoms with E-state index in [-0.39, 0.29) is 42.5 Å². The van der Waals surface area contributed by atoms with E-state index in [2.05, 4.69) is 12.2 Å². The monoisotopic (exact) mass is 502 g/mol. The Bertz CT molecular complexity index is 954. The summed E-state index contributed by atoms with van der Waals surface area (Å²) >= 11 is 17.4. The van der Waals surface area contributed by atoms with Crippen molar-refractivity contribution in [1.29, 1.82) is 0 Å². The maximum absolute atomic E-state index is 13.5. The van der Waals surface area contributed by atoms with Crippen molar-refractivity contribution in [2.45, 2.75) is 53.6 Å². The van der Waals surface area contributed by atoms with E-state index in [1.54, 1.807) is 12.0 Å². The average Bonchev–Trinajstić information content (AvgIpc) is 3.09. The molecule has 6 rings (SSSR count). The summed E-state index contributed by atoms with van der Waals surface area (Å²) in [4.78, 5) is 28.5. The van der Waals surface area contributed by atoms with E-state index in [4.69, 9.17) is 49.0 Å². The van der Waals surface area contributed by atoms with Crippen LogP contribution in [0.5, 0.6) is 5.75 Å². The number of nitrogens with one attached hydrogen (secondary N) is 1. The maximum atomic E-state index is 13.5. The quantitative estimate of drug-likeness (QED) is 0.623. The Hall–Kier alpha value is -1.41. The first kappa shape index (κ1) is 22.4. The number of amides is 2. The zero-order chi connectivity index (χ0) is 22.8. The highest BCUT2D eigenvalue weighted by Crippen LogP contribution is 2.58. The van der Waals surface area contributed by atoms with Crippen molar-refractivity contribution in [1.82, 2.24) is 4.90 Å². The Kier molecular flexibility index (Phi) is 5.48. The fraction of sp³-hybridized carbons (Fsp3) is 0.636. The van der Waals surface area contributed by atoms with Crippen molar-refractivity contribution in [3.63, 3.8) is 0 Å². The molecule has 1 aromatic rings. The average molecular weight is 504 g/mol. The molecule has 0 unspecified atom stereocenters. The van der Waals surface area contributed by atoms with E-state index in [0.717, 1.165) is 17.7 Å². The third-order valence-electron chi connectivity index (χ3n) is 7.66. The molecule has 1 spiro atoms. The van der Waals surface area contributed by atoms with E-state index in [0.29, 0.717) is 25.2 Å². The fourth-order valence-electron chi connectivity index (χ4n) is 6.40. The summed E-state index contributed by atoms with van der Waals surface area (Å²) in [6.07, 6.45) is 1.18. The van der Waals surface area contributed by atoms with Crippen molar-refractivity contribution in [3.05, 3.63) is 23.8 Å². The lowest BCUT2D eigenvalue weighted by Crippen LogP contribution is -2.54. The molecule has 4 heterocycles. The summed E-state index contributed by atoms with van der Waals surface area (Å²) in [7, 11) is 1.59. The van der Waals surface area contributed by atoms with Crippen molar-refractivity contribution < 1.29 is 23.8 Å². The second-order valence-corrected chi connectivity index (χ2v) is 11.6. The minimum Gasteiger partial charge on any atom is -0.497 e. The molecule has 1 N–H and O–H groups in total. The van der Waals surface area contributed by atoms with Gasteiger partial charge in [-0.1, -0.05) is 47.8 Å². The zero-order valence-corrected chi connectivity index (χ0v) is 20.0. The molecular formula is C22H25Cl3N2O5. The largest absolute Gasteiger partial charge is 0.497 e. The summed E-state index contributed by atoms with van der Waals surface area (Å²) in [5, 5.41) is 3.03. The number of ether oxygens (including phenoxy) is 3. The predicted molar refractivity (Wildman–Crippen MR) is 121 cm³/mol. The van der Waals surface area contributed by atoms with Crippen LogP contribution in [-0.4, -0.2) is 59.2 Å². The highest BCUT2D eigenvalue weighted by molar-refractivity contribution is 6.67. The highest BCUT2D eigenvalue weighted by atomic mass is 35.6. The number of fused-ring (bicyclic) bond motifs is 2. The van der Waals surface area contributed by atoms with E-state index in [9.17, 15) is 9.59 Å². The molecular weight excluding hydrogens is 479 g/mol. The molecule has 1 aliphatic carbocycles. The van der Waals surface area contributed by atoms with Gasteiger partial charge in [-0.3, -0.25) is 4.79 Å². The summed E-state index contributed by atoms with van der Waals surface area (Å²) in [5.41, 5.74) is 0.753. The second kappa shape index (κ2) is 7.83. The molecule has 4 aliphatic heterocycles. The Balaban J connectivity index is 1.54. The number of halogens is 3. The molecule has 10 heteroatoms. The molecule has 5 aliphatic rings. The number of carbonyl (C=O) groups is 2. The Labute approximate surface area is 201 Å². The van der Waals surface area contributed by atoms with Crippen LogP contribution in [-0.2, 0) is 19.7 Å². The SMILES string of the molecule is CC[C@@H]1[C@@H]2C[C@H]3OC[C@@H]2[C@H](C[C@@]32C(=O)Nc3cc(OC)ccc32)N1C(=O)OCC(Cl)(Cl)Cl. The molecule has 1 aromatic carbocycles. The van der Waals surface area contributed by atoms with Crippen LogP contribution in [0, 0.1) is 11.8 Å². The molecule has 1 saturated carbocycles. The Morgan fingerprint density at radius 1 is 1.34 bits per heavy atom. The molecule has 0 radical (unpaired) electrons. The lowest BCUT2D eigenvalue weighted by molar-refractivity contribution is -0.131. The summed E-state index contributed by atoms with van der Waals surface area (Å²) in [5.74, 6) is 0.926. The topological polar surface area (TPSA) is 77.1 Å². The van der Waals surface area contributed by atoms with Gasteiger partial charge in [-0.15, -0.1) is 0 Å². The Morgan fingerprint density at radius 3 is 2.81 bits per heavy atom. The van der Waals surface area contributed by atoms with Crippen molar-refractivity contribution in [2.75, 3.05) is 25.6 Å². The fourth-order valence-corrected chi connectivity index (χ4v) is 6.57. The molecule has 0 aromatic heterocycles. The second-order valence-electron chi connectivity index (χ2n) is 9.05. The van der Waals surface area contributed by atoms with Crippen molar-refractivity contribution >= 4 is 52.5 Å². The van der Waals surface area contributed by atoms with Gasteiger partial charge in [0.05, 0.1) is 19.8 Å². The molecule has 174 valence electrons. The number of hydrogen-bond donors (Lipinski definition) is 1. The Morgan fingerprint density at radius 2 is 2.12 bits per heavy atom. The van der Waals surface area contributed by atoms with Gasteiger partial charge in [-0.2, -0.15) is 0 Å². The minimum atomic E-state index is -1.69. The first-order chi connectivity index (χ1) is 15.2.